The molecule has 2 unspecified atom stereocenters. The zero-order chi connectivity index (χ0) is 24.6. The SMILES string of the molecule is CCC(Nc1ncnc2c1ncn2C1CCCCO1)c1nc2ccc(F)cc2n1-c1cncc(F)c1. The van der Waals surface area contributed by atoms with Gasteiger partial charge in [0, 0.05) is 18.7 Å². The molecule has 184 valence electrons. The van der Waals surface area contributed by atoms with Gasteiger partial charge in [-0.25, -0.2) is 28.7 Å². The summed E-state index contributed by atoms with van der Waals surface area (Å²) in [5.74, 6) is 0.218. The van der Waals surface area contributed by atoms with Crippen LogP contribution in [-0.2, 0) is 4.74 Å². The number of nitrogens with zero attached hydrogens (tertiary/aromatic N) is 7. The first kappa shape index (κ1) is 22.5. The van der Waals surface area contributed by atoms with Gasteiger partial charge in [0.05, 0.1) is 41.5 Å². The molecule has 1 aliphatic heterocycles. The van der Waals surface area contributed by atoms with Crippen LogP contribution < -0.4 is 5.32 Å². The molecule has 2 atom stereocenters. The summed E-state index contributed by atoms with van der Waals surface area (Å²) in [6.07, 6.45) is 9.44. The molecule has 0 bridgehead atoms. The van der Waals surface area contributed by atoms with Crippen LogP contribution in [0.5, 0.6) is 0 Å². The number of rotatable bonds is 6. The molecule has 6 rings (SSSR count). The van der Waals surface area contributed by atoms with Crippen LogP contribution in [0.25, 0.3) is 27.9 Å². The molecular weight excluding hydrogens is 466 g/mol. The lowest BCUT2D eigenvalue weighted by atomic mass is 10.2. The number of fused-ring (bicyclic) bond motifs is 2. The highest BCUT2D eigenvalue weighted by atomic mass is 19.1. The summed E-state index contributed by atoms with van der Waals surface area (Å²) in [5, 5.41) is 3.45. The lowest BCUT2D eigenvalue weighted by Gasteiger charge is -2.23. The van der Waals surface area contributed by atoms with E-state index in [1.165, 1.54) is 30.7 Å². The first-order valence-corrected chi connectivity index (χ1v) is 12.0. The van der Waals surface area contributed by atoms with Gasteiger partial charge in [0.15, 0.2) is 17.0 Å². The number of anilines is 1. The van der Waals surface area contributed by atoms with Gasteiger partial charge in [0.25, 0.3) is 0 Å². The highest BCUT2D eigenvalue weighted by Crippen LogP contribution is 2.32. The molecule has 1 aromatic carbocycles. The second kappa shape index (κ2) is 9.23. The standard InChI is InChI=1S/C25H24F2N8O/c1-2-18(32-23-22-25(30-13-29-23)34(14-31-22)21-5-3-4-8-36-21)24-33-19-7-6-15(26)10-20(19)35(24)17-9-16(27)11-28-12-17/h6-7,9-14,18,21H,2-5,8H2,1H3,(H,29,30,32). The third kappa shape index (κ3) is 3.95. The molecule has 0 saturated carbocycles. The molecule has 0 spiro atoms. The summed E-state index contributed by atoms with van der Waals surface area (Å²) < 4.78 is 37.9. The van der Waals surface area contributed by atoms with Gasteiger partial charge >= 0.3 is 0 Å². The molecule has 11 heteroatoms. The van der Waals surface area contributed by atoms with Crippen LogP contribution in [0.15, 0.2) is 49.3 Å². The normalized spacial score (nSPS) is 17.0. The smallest absolute Gasteiger partial charge is 0.167 e. The van der Waals surface area contributed by atoms with E-state index in [0.29, 0.717) is 52.6 Å². The predicted molar refractivity (Wildman–Crippen MR) is 130 cm³/mol. The van der Waals surface area contributed by atoms with Crippen LogP contribution >= 0.6 is 0 Å². The lowest BCUT2D eigenvalue weighted by molar-refractivity contribution is -0.0298. The number of ether oxygens (including phenoxy) is 1. The number of hydrogen-bond acceptors (Lipinski definition) is 7. The molecule has 1 fully saturated rings. The number of nitrogens with one attached hydrogen (secondary N) is 1. The molecule has 1 saturated heterocycles. The maximum absolute atomic E-state index is 14.2. The molecule has 4 aromatic heterocycles. The Balaban J connectivity index is 1.43. The van der Waals surface area contributed by atoms with Gasteiger partial charge in [-0.2, -0.15) is 0 Å². The molecule has 36 heavy (non-hydrogen) atoms. The van der Waals surface area contributed by atoms with Crippen molar-refractivity contribution in [2.45, 2.75) is 44.9 Å². The third-order valence-electron chi connectivity index (χ3n) is 6.45. The minimum Gasteiger partial charge on any atom is -0.358 e. The molecule has 1 N–H and O–H groups in total. The largest absolute Gasteiger partial charge is 0.358 e. The van der Waals surface area contributed by atoms with E-state index < -0.39 is 11.6 Å². The zero-order valence-electron chi connectivity index (χ0n) is 19.6. The van der Waals surface area contributed by atoms with Crippen LogP contribution in [0, 0.1) is 11.6 Å². The van der Waals surface area contributed by atoms with Crippen molar-refractivity contribution in [2.75, 3.05) is 11.9 Å². The summed E-state index contributed by atoms with van der Waals surface area (Å²) in [6.45, 7) is 2.71. The Hall–Kier alpha value is -3.99. The molecule has 0 radical (unpaired) electrons. The van der Waals surface area contributed by atoms with Gasteiger partial charge < -0.3 is 10.1 Å². The Morgan fingerprint density at radius 1 is 1.11 bits per heavy atom. The van der Waals surface area contributed by atoms with E-state index >= 15 is 0 Å². The van der Waals surface area contributed by atoms with Crippen molar-refractivity contribution >= 4 is 28.0 Å². The van der Waals surface area contributed by atoms with Gasteiger partial charge in [-0.3, -0.25) is 14.1 Å². The Bertz CT molecular complexity index is 1540. The van der Waals surface area contributed by atoms with Crippen molar-refractivity contribution in [1.29, 1.82) is 0 Å². The van der Waals surface area contributed by atoms with Crippen LogP contribution in [-0.4, -0.2) is 40.7 Å². The van der Waals surface area contributed by atoms with Crippen LogP contribution in [0.3, 0.4) is 0 Å². The summed E-state index contributed by atoms with van der Waals surface area (Å²) >= 11 is 0. The minimum atomic E-state index is -0.495. The number of pyridine rings is 1. The molecule has 0 amide bonds. The van der Waals surface area contributed by atoms with Crippen LogP contribution in [0.4, 0.5) is 14.6 Å². The van der Waals surface area contributed by atoms with Gasteiger partial charge in [0.2, 0.25) is 0 Å². The maximum Gasteiger partial charge on any atom is 0.167 e. The van der Waals surface area contributed by atoms with E-state index in [1.807, 2.05) is 11.5 Å². The average Bonchev–Trinajstić information content (AvgIpc) is 3.50. The summed E-state index contributed by atoms with van der Waals surface area (Å²) in [7, 11) is 0. The third-order valence-corrected chi connectivity index (χ3v) is 6.45. The lowest BCUT2D eigenvalue weighted by Crippen LogP contribution is -2.18. The van der Waals surface area contributed by atoms with E-state index in [2.05, 4.69) is 25.3 Å². The quantitative estimate of drug-likeness (QED) is 0.354. The Kier molecular flexibility index (Phi) is 5.76. The topological polar surface area (TPSA) is 95.6 Å². The number of hydrogen-bond donors (Lipinski definition) is 1. The van der Waals surface area contributed by atoms with E-state index in [0.717, 1.165) is 25.5 Å². The Labute approximate surface area is 205 Å². The van der Waals surface area contributed by atoms with Gasteiger partial charge in [-0.1, -0.05) is 6.92 Å². The second-order valence-corrected chi connectivity index (χ2v) is 8.77. The van der Waals surface area contributed by atoms with E-state index in [-0.39, 0.29) is 12.3 Å². The molecule has 5 aromatic rings. The van der Waals surface area contributed by atoms with Crippen molar-refractivity contribution in [3.05, 3.63) is 66.8 Å². The zero-order valence-corrected chi connectivity index (χ0v) is 19.6. The fourth-order valence-corrected chi connectivity index (χ4v) is 4.72. The summed E-state index contributed by atoms with van der Waals surface area (Å²) in [6, 6.07) is 5.36. The summed E-state index contributed by atoms with van der Waals surface area (Å²) in [5.41, 5.74) is 2.85. The number of benzene rings is 1. The molecule has 9 nitrogen and oxygen atoms in total. The molecule has 1 aliphatic rings. The second-order valence-electron chi connectivity index (χ2n) is 8.77. The fraction of sp³-hybridized carbons (Fsp3) is 0.320. The monoisotopic (exact) mass is 490 g/mol. The van der Waals surface area contributed by atoms with Crippen molar-refractivity contribution in [2.24, 2.45) is 0 Å². The van der Waals surface area contributed by atoms with E-state index in [9.17, 15) is 8.78 Å². The molecule has 5 heterocycles. The van der Waals surface area contributed by atoms with Gasteiger partial charge in [-0.15, -0.1) is 0 Å². The first-order valence-electron chi connectivity index (χ1n) is 12.0. The Morgan fingerprint density at radius 2 is 2.03 bits per heavy atom. The maximum atomic E-state index is 14.2. The number of imidazole rings is 2. The van der Waals surface area contributed by atoms with Crippen molar-refractivity contribution in [3.63, 3.8) is 0 Å². The molecule has 0 aliphatic carbocycles. The summed E-state index contributed by atoms with van der Waals surface area (Å²) in [4.78, 5) is 22.3. The van der Waals surface area contributed by atoms with Crippen molar-refractivity contribution in [3.8, 4) is 5.69 Å². The number of aromatic nitrogens is 7. The average molecular weight is 491 g/mol. The van der Waals surface area contributed by atoms with Gasteiger partial charge in [-0.05, 0) is 37.8 Å². The van der Waals surface area contributed by atoms with Crippen molar-refractivity contribution in [1.82, 2.24) is 34.1 Å². The van der Waals surface area contributed by atoms with Crippen molar-refractivity contribution < 1.29 is 13.5 Å². The highest BCUT2D eigenvalue weighted by Gasteiger charge is 2.24. The van der Waals surface area contributed by atoms with Crippen LogP contribution in [0.1, 0.15) is 50.7 Å². The van der Waals surface area contributed by atoms with E-state index in [4.69, 9.17) is 9.72 Å². The van der Waals surface area contributed by atoms with Crippen LogP contribution in [0.2, 0.25) is 0 Å². The minimum absolute atomic E-state index is 0.104. The fourth-order valence-electron chi connectivity index (χ4n) is 4.72. The predicted octanol–water partition coefficient (Wildman–Crippen LogP) is 5.10. The number of halogens is 2. The Morgan fingerprint density at radius 3 is 2.83 bits per heavy atom. The highest BCUT2D eigenvalue weighted by molar-refractivity contribution is 5.83. The molecular formula is C25H24F2N8O. The first-order chi connectivity index (χ1) is 17.6. The van der Waals surface area contributed by atoms with Gasteiger partial charge in [0.1, 0.15) is 30.0 Å². The van der Waals surface area contributed by atoms with E-state index in [1.54, 1.807) is 17.0 Å².